The number of aromatic nitrogens is 2. The second-order valence-corrected chi connectivity index (χ2v) is 5.03. The Balaban J connectivity index is 1.87. The Bertz CT molecular complexity index is 397. The molecule has 1 aromatic heterocycles. The molecule has 0 saturated carbocycles. The van der Waals surface area contributed by atoms with E-state index in [1.807, 2.05) is 0 Å². The van der Waals surface area contributed by atoms with E-state index in [1.54, 1.807) is 20.3 Å². The smallest absolute Gasteiger partial charge is 0.229 e. The lowest BCUT2D eigenvalue weighted by molar-refractivity contribution is 0.198. The maximum atomic E-state index is 5.14. The normalized spacial score (nSPS) is 16.9. The largest absolute Gasteiger partial charge is 0.481 e. The van der Waals surface area contributed by atoms with Crippen LogP contribution in [0, 0.1) is 5.92 Å². The van der Waals surface area contributed by atoms with Crippen molar-refractivity contribution in [3.8, 4) is 11.8 Å². The Morgan fingerprint density at radius 1 is 1.20 bits per heavy atom. The van der Waals surface area contributed by atoms with Crippen LogP contribution >= 0.6 is 0 Å². The third kappa shape index (κ3) is 3.96. The molecule has 0 amide bonds. The summed E-state index contributed by atoms with van der Waals surface area (Å²) < 4.78 is 10.3. The fraction of sp³-hybridized carbons (Fsp3) is 0.714. The highest BCUT2D eigenvalue weighted by Crippen LogP contribution is 2.20. The van der Waals surface area contributed by atoms with Gasteiger partial charge >= 0.3 is 0 Å². The lowest BCUT2D eigenvalue weighted by Gasteiger charge is -2.31. The van der Waals surface area contributed by atoms with Crippen molar-refractivity contribution in [3.63, 3.8) is 0 Å². The molecule has 6 heteroatoms. The van der Waals surface area contributed by atoms with E-state index in [2.05, 4.69) is 27.1 Å². The lowest BCUT2D eigenvalue weighted by Crippen LogP contribution is -2.35. The fourth-order valence-corrected chi connectivity index (χ4v) is 2.43. The molecule has 2 rings (SSSR count). The monoisotopic (exact) mass is 280 g/mol. The van der Waals surface area contributed by atoms with Gasteiger partial charge in [0.1, 0.15) is 0 Å². The van der Waals surface area contributed by atoms with Gasteiger partial charge in [0.25, 0.3) is 0 Å². The molecule has 112 valence electrons. The summed E-state index contributed by atoms with van der Waals surface area (Å²) in [6.07, 6.45) is 2.45. The molecule has 1 saturated heterocycles. The van der Waals surface area contributed by atoms with E-state index < -0.39 is 0 Å². The first-order chi connectivity index (χ1) is 9.75. The average molecular weight is 280 g/mol. The highest BCUT2D eigenvalue weighted by molar-refractivity contribution is 5.33. The van der Waals surface area contributed by atoms with E-state index in [9.17, 15) is 0 Å². The maximum Gasteiger partial charge on any atom is 0.229 e. The predicted molar refractivity (Wildman–Crippen MR) is 78.5 cm³/mol. The summed E-state index contributed by atoms with van der Waals surface area (Å²) in [5.74, 6) is 2.28. The molecule has 0 spiro atoms. The number of nitrogens with zero attached hydrogens (tertiary/aromatic N) is 3. The van der Waals surface area contributed by atoms with E-state index in [0.29, 0.717) is 23.6 Å². The molecule has 1 aliphatic rings. The highest BCUT2D eigenvalue weighted by atomic mass is 16.5. The zero-order valence-corrected chi connectivity index (χ0v) is 12.6. The molecule has 0 unspecified atom stereocenters. The van der Waals surface area contributed by atoms with E-state index in [1.165, 1.54) is 25.9 Å². The van der Waals surface area contributed by atoms with Gasteiger partial charge in [-0.25, -0.2) is 0 Å². The number of nitrogens with one attached hydrogen (secondary N) is 1. The van der Waals surface area contributed by atoms with Gasteiger partial charge in [0.2, 0.25) is 17.7 Å². The first kappa shape index (κ1) is 14.8. The average Bonchev–Trinajstić information content (AvgIpc) is 2.53. The summed E-state index contributed by atoms with van der Waals surface area (Å²) in [4.78, 5) is 11.0. The van der Waals surface area contributed by atoms with Gasteiger partial charge in [-0.1, -0.05) is 6.92 Å². The summed E-state index contributed by atoms with van der Waals surface area (Å²) in [7, 11) is 3.18. The molecule has 1 fully saturated rings. The number of rotatable bonds is 6. The Morgan fingerprint density at radius 2 is 1.80 bits per heavy atom. The van der Waals surface area contributed by atoms with E-state index >= 15 is 0 Å². The number of anilines is 1. The van der Waals surface area contributed by atoms with E-state index in [4.69, 9.17) is 9.47 Å². The van der Waals surface area contributed by atoms with Gasteiger partial charge < -0.3 is 19.7 Å². The zero-order valence-electron chi connectivity index (χ0n) is 12.6. The minimum Gasteiger partial charge on any atom is -0.481 e. The number of hydrogen-bond acceptors (Lipinski definition) is 6. The summed E-state index contributed by atoms with van der Waals surface area (Å²) in [5.41, 5.74) is 0. The first-order valence-electron chi connectivity index (χ1n) is 7.18. The van der Waals surface area contributed by atoms with Crippen LogP contribution in [0.3, 0.4) is 0 Å². The van der Waals surface area contributed by atoms with Crippen molar-refractivity contribution in [2.45, 2.75) is 19.8 Å². The van der Waals surface area contributed by atoms with Crippen LogP contribution in [0.2, 0.25) is 0 Å². The van der Waals surface area contributed by atoms with E-state index in [0.717, 1.165) is 13.1 Å². The molecule has 6 nitrogen and oxygen atoms in total. The van der Waals surface area contributed by atoms with Crippen molar-refractivity contribution in [1.29, 1.82) is 0 Å². The molecule has 0 radical (unpaired) electrons. The minimum absolute atomic E-state index is 0.514. The SMILES string of the molecule is CCN1CCC(CNc2nc(OC)cc(OC)n2)CC1. The molecule has 0 atom stereocenters. The van der Waals surface area contributed by atoms with Crippen molar-refractivity contribution in [3.05, 3.63) is 6.07 Å². The minimum atomic E-state index is 0.514. The second kappa shape index (κ2) is 7.28. The quantitative estimate of drug-likeness (QED) is 0.855. The highest BCUT2D eigenvalue weighted by Gasteiger charge is 2.18. The van der Waals surface area contributed by atoms with Gasteiger partial charge in [-0.3, -0.25) is 0 Å². The Morgan fingerprint density at radius 3 is 2.30 bits per heavy atom. The summed E-state index contributed by atoms with van der Waals surface area (Å²) in [6.45, 7) is 6.63. The van der Waals surface area contributed by atoms with Crippen LogP contribution in [-0.4, -0.2) is 55.3 Å². The third-order valence-electron chi connectivity index (χ3n) is 3.80. The van der Waals surface area contributed by atoms with Gasteiger partial charge in [0.05, 0.1) is 20.3 Å². The van der Waals surface area contributed by atoms with Crippen molar-refractivity contribution in [2.75, 3.05) is 45.7 Å². The number of methoxy groups -OCH3 is 2. The van der Waals surface area contributed by atoms with Gasteiger partial charge in [0, 0.05) is 6.54 Å². The van der Waals surface area contributed by atoms with Crippen molar-refractivity contribution in [2.24, 2.45) is 5.92 Å². The summed E-state index contributed by atoms with van der Waals surface area (Å²) in [6, 6.07) is 1.67. The molecule has 1 aromatic rings. The maximum absolute atomic E-state index is 5.14. The first-order valence-corrected chi connectivity index (χ1v) is 7.18. The number of likely N-dealkylation sites (tertiary alicyclic amines) is 1. The molecule has 0 aromatic carbocycles. The van der Waals surface area contributed by atoms with E-state index in [-0.39, 0.29) is 0 Å². The predicted octanol–water partition coefficient (Wildman–Crippen LogP) is 1.64. The molecule has 0 aliphatic carbocycles. The molecule has 1 N–H and O–H groups in total. The van der Waals surface area contributed by atoms with Crippen LogP contribution in [0.5, 0.6) is 11.8 Å². The van der Waals surface area contributed by atoms with Gasteiger partial charge in [-0.15, -0.1) is 0 Å². The number of piperidine rings is 1. The molecule has 20 heavy (non-hydrogen) atoms. The zero-order chi connectivity index (χ0) is 14.4. The Kier molecular flexibility index (Phi) is 5.40. The third-order valence-corrected chi connectivity index (χ3v) is 3.80. The lowest BCUT2D eigenvalue weighted by atomic mass is 9.97. The van der Waals surface area contributed by atoms with Gasteiger partial charge in [0.15, 0.2) is 0 Å². The van der Waals surface area contributed by atoms with Crippen LogP contribution in [-0.2, 0) is 0 Å². The summed E-state index contributed by atoms with van der Waals surface area (Å²) in [5, 5.41) is 3.30. The van der Waals surface area contributed by atoms with Crippen LogP contribution in [0.1, 0.15) is 19.8 Å². The summed E-state index contributed by atoms with van der Waals surface area (Å²) >= 11 is 0. The molecule has 2 heterocycles. The second-order valence-electron chi connectivity index (χ2n) is 5.03. The van der Waals surface area contributed by atoms with Gasteiger partial charge in [-0.2, -0.15) is 9.97 Å². The van der Waals surface area contributed by atoms with Crippen LogP contribution in [0.25, 0.3) is 0 Å². The van der Waals surface area contributed by atoms with Crippen molar-refractivity contribution < 1.29 is 9.47 Å². The molecular weight excluding hydrogens is 256 g/mol. The number of hydrogen-bond donors (Lipinski definition) is 1. The van der Waals surface area contributed by atoms with Crippen molar-refractivity contribution >= 4 is 5.95 Å². The Hall–Kier alpha value is -1.56. The standard InChI is InChI=1S/C14H24N4O2/c1-4-18-7-5-11(6-8-18)10-15-14-16-12(19-2)9-13(17-14)20-3/h9,11H,4-8,10H2,1-3H3,(H,15,16,17). The molecule has 0 bridgehead atoms. The van der Waals surface area contributed by atoms with Gasteiger partial charge in [-0.05, 0) is 38.4 Å². The fourth-order valence-electron chi connectivity index (χ4n) is 2.43. The Labute approximate surface area is 120 Å². The topological polar surface area (TPSA) is 59.5 Å². The molecule has 1 aliphatic heterocycles. The molecular formula is C14H24N4O2. The van der Waals surface area contributed by atoms with Crippen LogP contribution < -0.4 is 14.8 Å². The van der Waals surface area contributed by atoms with Crippen LogP contribution in [0.4, 0.5) is 5.95 Å². The number of ether oxygens (including phenoxy) is 2. The van der Waals surface area contributed by atoms with Crippen molar-refractivity contribution in [1.82, 2.24) is 14.9 Å². The van der Waals surface area contributed by atoms with Crippen LogP contribution in [0.15, 0.2) is 6.07 Å².